The van der Waals surface area contributed by atoms with Gasteiger partial charge in [-0.1, -0.05) is 24.3 Å². The molecule has 29 heavy (non-hydrogen) atoms. The third-order valence-corrected chi connectivity index (χ3v) is 4.47. The molecule has 0 spiro atoms. The second kappa shape index (κ2) is 8.02. The fourth-order valence-corrected chi connectivity index (χ4v) is 2.93. The molecule has 0 aliphatic heterocycles. The Morgan fingerprint density at radius 1 is 1.07 bits per heavy atom. The first-order valence-electron chi connectivity index (χ1n) is 9.08. The molecule has 0 aliphatic carbocycles. The zero-order valence-corrected chi connectivity index (χ0v) is 16.1. The predicted octanol–water partition coefficient (Wildman–Crippen LogP) is 3.66. The fourth-order valence-electron chi connectivity index (χ4n) is 2.93. The summed E-state index contributed by atoms with van der Waals surface area (Å²) >= 11 is 0. The Bertz CT molecular complexity index is 1220. The summed E-state index contributed by atoms with van der Waals surface area (Å²) in [5, 5.41) is 4.11. The smallest absolute Gasteiger partial charge is 0.293 e. The van der Waals surface area contributed by atoms with Crippen LogP contribution in [-0.2, 0) is 13.7 Å². The highest BCUT2D eigenvalue weighted by Gasteiger charge is 2.09. The number of benzene rings is 2. The molecule has 2 aromatic carbocycles. The lowest BCUT2D eigenvalue weighted by atomic mass is 10.2. The first-order chi connectivity index (χ1) is 14.1. The molecule has 0 radical (unpaired) electrons. The molecule has 2 aromatic heterocycles. The standard InChI is InChI=1S/C22H20N4O3/c1-26-12-11-23-21(22(26)27)25-16-9-10-19(28-2)20(13-16)29-14-17-8-7-15-5-3-4-6-18(15)24-17/h3-13H,14H2,1-2H3,(H,23,25). The molecule has 0 aliphatic rings. The summed E-state index contributed by atoms with van der Waals surface area (Å²) in [5.74, 6) is 1.37. The van der Waals surface area contributed by atoms with Crippen LogP contribution in [0.2, 0.25) is 0 Å². The van der Waals surface area contributed by atoms with Crippen molar-refractivity contribution in [1.82, 2.24) is 14.5 Å². The second-order valence-corrected chi connectivity index (χ2v) is 6.47. The van der Waals surface area contributed by atoms with E-state index in [0.29, 0.717) is 17.2 Å². The van der Waals surface area contributed by atoms with Crippen LogP contribution in [0.25, 0.3) is 10.9 Å². The fraction of sp³-hybridized carbons (Fsp3) is 0.136. The summed E-state index contributed by atoms with van der Waals surface area (Å²) in [4.78, 5) is 20.9. The van der Waals surface area contributed by atoms with E-state index in [-0.39, 0.29) is 18.0 Å². The van der Waals surface area contributed by atoms with Gasteiger partial charge >= 0.3 is 0 Å². The predicted molar refractivity (Wildman–Crippen MR) is 112 cm³/mol. The molecule has 0 saturated heterocycles. The van der Waals surface area contributed by atoms with Crippen LogP contribution in [0.4, 0.5) is 11.5 Å². The van der Waals surface area contributed by atoms with E-state index in [1.165, 1.54) is 4.57 Å². The van der Waals surface area contributed by atoms with E-state index in [4.69, 9.17) is 9.47 Å². The topological polar surface area (TPSA) is 78.3 Å². The van der Waals surface area contributed by atoms with Gasteiger partial charge in [0.05, 0.1) is 18.3 Å². The van der Waals surface area contributed by atoms with Gasteiger partial charge in [0.15, 0.2) is 17.3 Å². The molecule has 4 rings (SSSR count). The van der Waals surface area contributed by atoms with Gasteiger partial charge in [-0.15, -0.1) is 0 Å². The van der Waals surface area contributed by atoms with Crippen molar-refractivity contribution in [3.05, 3.63) is 83.0 Å². The number of ether oxygens (including phenoxy) is 2. The number of aromatic nitrogens is 3. The van der Waals surface area contributed by atoms with Crippen molar-refractivity contribution in [1.29, 1.82) is 0 Å². The van der Waals surface area contributed by atoms with Gasteiger partial charge in [0, 0.05) is 36.6 Å². The lowest BCUT2D eigenvalue weighted by molar-refractivity contribution is 0.281. The van der Waals surface area contributed by atoms with Crippen molar-refractivity contribution in [3.8, 4) is 11.5 Å². The second-order valence-electron chi connectivity index (χ2n) is 6.47. The SMILES string of the molecule is COc1ccc(Nc2nccn(C)c2=O)cc1OCc1ccc2ccccc2n1. The van der Waals surface area contributed by atoms with Crippen molar-refractivity contribution >= 4 is 22.4 Å². The molecule has 0 bridgehead atoms. The van der Waals surface area contributed by atoms with Crippen LogP contribution >= 0.6 is 0 Å². The number of nitrogens with zero attached hydrogens (tertiary/aromatic N) is 3. The largest absolute Gasteiger partial charge is 0.493 e. The molecule has 0 amide bonds. The van der Waals surface area contributed by atoms with Gasteiger partial charge in [0.2, 0.25) is 0 Å². The quantitative estimate of drug-likeness (QED) is 0.543. The molecular formula is C22H20N4O3. The number of hydrogen-bond donors (Lipinski definition) is 1. The maximum absolute atomic E-state index is 12.2. The maximum Gasteiger partial charge on any atom is 0.293 e. The number of nitrogens with one attached hydrogen (secondary N) is 1. The van der Waals surface area contributed by atoms with E-state index in [0.717, 1.165) is 16.6 Å². The highest BCUT2D eigenvalue weighted by atomic mass is 16.5. The summed E-state index contributed by atoms with van der Waals surface area (Å²) in [6.07, 6.45) is 3.17. The van der Waals surface area contributed by atoms with Gasteiger partial charge in [-0.2, -0.15) is 0 Å². The van der Waals surface area contributed by atoms with Crippen molar-refractivity contribution < 1.29 is 9.47 Å². The number of hydrogen-bond acceptors (Lipinski definition) is 6. The van der Waals surface area contributed by atoms with Gasteiger partial charge in [-0.25, -0.2) is 9.97 Å². The number of methoxy groups -OCH3 is 1. The molecule has 2 heterocycles. The van der Waals surface area contributed by atoms with Crippen LogP contribution in [-0.4, -0.2) is 21.6 Å². The third-order valence-electron chi connectivity index (χ3n) is 4.47. The molecule has 0 saturated carbocycles. The Labute approximate surface area is 167 Å². The van der Waals surface area contributed by atoms with Gasteiger partial charge in [0.1, 0.15) is 6.61 Å². The van der Waals surface area contributed by atoms with Crippen LogP contribution in [0.3, 0.4) is 0 Å². The summed E-state index contributed by atoms with van der Waals surface area (Å²) in [5.41, 5.74) is 2.18. The van der Waals surface area contributed by atoms with E-state index >= 15 is 0 Å². The minimum Gasteiger partial charge on any atom is -0.493 e. The summed E-state index contributed by atoms with van der Waals surface area (Å²) in [6, 6.07) is 17.2. The Morgan fingerprint density at radius 2 is 1.93 bits per heavy atom. The van der Waals surface area contributed by atoms with Crippen LogP contribution in [0.1, 0.15) is 5.69 Å². The normalized spacial score (nSPS) is 10.7. The van der Waals surface area contributed by atoms with Gasteiger partial charge < -0.3 is 19.4 Å². The average Bonchev–Trinajstić information content (AvgIpc) is 2.75. The minimum absolute atomic E-state index is 0.217. The monoisotopic (exact) mass is 388 g/mol. The Morgan fingerprint density at radius 3 is 2.79 bits per heavy atom. The number of pyridine rings is 1. The van der Waals surface area contributed by atoms with Gasteiger partial charge in [-0.3, -0.25) is 4.79 Å². The van der Waals surface area contributed by atoms with E-state index in [2.05, 4.69) is 15.3 Å². The highest BCUT2D eigenvalue weighted by Crippen LogP contribution is 2.31. The summed E-state index contributed by atoms with van der Waals surface area (Å²) in [6.45, 7) is 0.288. The van der Waals surface area contributed by atoms with E-state index < -0.39 is 0 Å². The summed E-state index contributed by atoms with van der Waals surface area (Å²) < 4.78 is 12.8. The Hall–Kier alpha value is -3.87. The maximum atomic E-state index is 12.2. The van der Waals surface area contributed by atoms with Crippen molar-refractivity contribution in [2.45, 2.75) is 6.61 Å². The lowest BCUT2D eigenvalue weighted by Crippen LogP contribution is -2.20. The van der Waals surface area contributed by atoms with E-state index in [9.17, 15) is 4.79 Å². The van der Waals surface area contributed by atoms with E-state index in [1.54, 1.807) is 44.8 Å². The Balaban J connectivity index is 1.56. The number of anilines is 2. The number of para-hydroxylation sites is 1. The summed E-state index contributed by atoms with van der Waals surface area (Å²) in [7, 11) is 3.26. The van der Waals surface area contributed by atoms with Gasteiger partial charge in [-0.05, 0) is 24.3 Å². The van der Waals surface area contributed by atoms with Crippen molar-refractivity contribution in [2.75, 3.05) is 12.4 Å². The highest BCUT2D eigenvalue weighted by molar-refractivity contribution is 5.78. The van der Waals surface area contributed by atoms with Crippen LogP contribution in [0.15, 0.2) is 71.8 Å². The molecule has 0 atom stereocenters. The molecule has 0 unspecified atom stereocenters. The molecule has 7 nitrogen and oxygen atoms in total. The van der Waals surface area contributed by atoms with Crippen LogP contribution in [0.5, 0.6) is 11.5 Å². The van der Waals surface area contributed by atoms with Crippen LogP contribution < -0.4 is 20.3 Å². The van der Waals surface area contributed by atoms with E-state index in [1.807, 2.05) is 36.4 Å². The first kappa shape index (κ1) is 18.5. The van der Waals surface area contributed by atoms with Crippen molar-refractivity contribution in [2.24, 2.45) is 7.05 Å². The Kier molecular flexibility index (Phi) is 5.11. The number of aryl methyl sites for hydroxylation is 1. The average molecular weight is 388 g/mol. The zero-order chi connectivity index (χ0) is 20.2. The molecule has 1 N–H and O–H groups in total. The van der Waals surface area contributed by atoms with Crippen molar-refractivity contribution in [3.63, 3.8) is 0 Å². The molecule has 4 aromatic rings. The number of rotatable bonds is 6. The molecule has 0 fully saturated rings. The third kappa shape index (κ3) is 4.03. The number of fused-ring (bicyclic) bond motifs is 1. The molecule has 7 heteroatoms. The molecule has 146 valence electrons. The molecular weight excluding hydrogens is 368 g/mol. The zero-order valence-electron chi connectivity index (χ0n) is 16.1. The minimum atomic E-state index is -0.217. The van der Waals surface area contributed by atoms with Crippen LogP contribution in [0, 0.1) is 0 Å². The first-order valence-corrected chi connectivity index (χ1v) is 9.08. The lowest BCUT2D eigenvalue weighted by Gasteiger charge is -2.13. The van der Waals surface area contributed by atoms with Gasteiger partial charge in [0.25, 0.3) is 5.56 Å².